The number of nitrogens with one attached hydrogen (secondary N) is 2. The van der Waals surface area contributed by atoms with Crippen LogP contribution in [0.2, 0.25) is 0 Å². The van der Waals surface area contributed by atoms with Crippen molar-refractivity contribution < 1.29 is 4.74 Å². The molecule has 1 fully saturated rings. The van der Waals surface area contributed by atoms with Gasteiger partial charge in [-0.05, 0) is 30.5 Å². The fourth-order valence-corrected chi connectivity index (χ4v) is 2.95. The zero-order valence-electron chi connectivity index (χ0n) is 14.2. The lowest BCUT2D eigenvalue weighted by Gasteiger charge is -2.29. The molecule has 132 valence electrons. The Hall–Kier alpha value is -1.28. The summed E-state index contributed by atoms with van der Waals surface area (Å²) in [5, 5.41) is 6.84. The van der Waals surface area contributed by atoms with E-state index in [1.54, 1.807) is 0 Å². The average Bonchev–Trinajstić information content (AvgIpc) is 3.13. The Morgan fingerprint density at radius 1 is 1.17 bits per heavy atom. The van der Waals surface area contributed by atoms with Gasteiger partial charge in [-0.3, -0.25) is 4.99 Å². The lowest BCUT2D eigenvalue weighted by molar-refractivity contribution is 0.122. The third kappa shape index (κ3) is 5.37. The van der Waals surface area contributed by atoms with E-state index in [2.05, 4.69) is 56.9 Å². The van der Waals surface area contributed by atoms with Gasteiger partial charge >= 0.3 is 0 Å². The van der Waals surface area contributed by atoms with Crippen molar-refractivity contribution in [2.24, 2.45) is 4.99 Å². The highest BCUT2D eigenvalue weighted by atomic mass is 127. The quantitative estimate of drug-likeness (QED) is 0.326. The number of ether oxygens (including phenoxy) is 1. The summed E-state index contributed by atoms with van der Waals surface area (Å²) in [5.74, 6) is 0.871. The molecule has 1 heterocycles. The molecular weight excluding hydrogens is 415 g/mol. The summed E-state index contributed by atoms with van der Waals surface area (Å²) >= 11 is 0. The van der Waals surface area contributed by atoms with E-state index in [1.807, 2.05) is 7.05 Å². The number of nitrogens with zero attached hydrogens (tertiary/aromatic N) is 2. The van der Waals surface area contributed by atoms with E-state index in [1.165, 1.54) is 11.3 Å². The van der Waals surface area contributed by atoms with Crippen LogP contribution in [0.4, 0.5) is 5.69 Å². The first-order valence-electron chi connectivity index (χ1n) is 8.39. The molecule has 2 aliphatic rings. The molecule has 0 unspecified atom stereocenters. The van der Waals surface area contributed by atoms with Crippen molar-refractivity contribution in [3.8, 4) is 0 Å². The maximum absolute atomic E-state index is 5.40. The van der Waals surface area contributed by atoms with Crippen LogP contribution in [-0.4, -0.2) is 45.4 Å². The van der Waals surface area contributed by atoms with Crippen molar-refractivity contribution in [2.45, 2.75) is 25.4 Å². The van der Waals surface area contributed by atoms with E-state index in [0.717, 1.165) is 51.6 Å². The Labute approximate surface area is 161 Å². The summed E-state index contributed by atoms with van der Waals surface area (Å²) < 4.78 is 5.40. The van der Waals surface area contributed by atoms with Crippen molar-refractivity contribution >= 4 is 35.6 Å². The summed E-state index contributed by atoms with van der Waals surface area (Å²) in [6.07, 6.45) is 6.59. The molecule has 0 amide bonds. The Bertz CT molecular complexity index is 545. The van der Waals surface area contributed by atoms with Crippen LogP contribution in [0.15, 0.2) is 41.4 Å². The molecule has 5 nitrogen and oxygen atoms in total. The fraction of sp³-hybridized carbons (Fsp3) is 0.500. The van der Waals surface area contributed by atoms with E-state index in [4.69, 9.17) is 4.74 Å². The summed E-state index contributed by atoms with van der Waals surface area (Å²) in [6, 6.07) is 9.23. The average molecular weight is 442 g/mol. The maximum atomic E-state index is 5.40. The molecule has 6 heteroatoms. The summed E-state index contributed by atoms with van der Waals surface area (Å²) in [4.78, 5) is 6.67. The molecule has 1 aromatic rings. The summed E-state index contributed by atoms with van der Waals surface area (Å²) in [5.41, 5.74) is 2.53. The van der Waals surface area contributed by atoms with E-state index in [-0.39, 0.29) is 24.0 Å². The minimum atomic E-state index is 0. The van der Waals surface area contributed by atoms with Crippen molar-refractivity contribution in [3.05, 3.63) is 42.0 Å². The molecule has 1 aliphatic carbocycles. The molecule has 0 atom stereocenters. The predicted molar refractivity (Wildman–Crippen MR) is 110 cm³/mol. The van der Waals surface area contributed by atoms with Crippen LogP contribution in [-0.2, 0) is 11.3 Å². The molecule has 2 N–H and O–H groups in total. The van der Waals surface area contributed by atoms with E-state index in [0.29, 0.717) is 6.04 Å². The van der Waals surface area contributed by atoms with Crippen LogP contribution in [0.3, 0.4) is 0 Å². The highest BCUT2D eigenvalue weighted by Gasteiger charge is 2.12. The maximum Gasteiger partial charge on any atom is 0.191 e. The van der Waals surface area contributed by atoms with Gasteiger partial charge in [0.1, 0.15) is 0 Å². The molecule has 0 saturated carbocycles. The van der Waals surface area contributed by atoms with Crippen LogP contribution in [0.25, 0.3) is 0 Å². The predicted octanol–water partition coefficient (Wildman–Crippen LogP) is 2.52. The minimum absolute atomic E-state index is 0. The first-order valence-corrected chi connectivity index (χ1v) is 8.39. The molecule has 0 radical (unpaired) electrons. The van der Waals surface area contributed by atoms with Gasteiger partial charge in [0.05, 0.1) is 13.2 Å². The number of hydrogen-bond acceptors (Lipinski definition) is 3. The molecule has 0 aromatic heterocycles. The van der Waals surface area contributed by atoms with Gasteiger partial charge in [-0.1, -0.05) is 24.3 Å². The number of rotatable bonds is 4. The number of benzene rings is 1. The second-order valence-corrected chi connectivity index (χ2v) is 5.98. The molecular formula is C18H27IN4O. The van der Waals surface area contributed by atoms with Crippen LogP contribution >= 0.6 is 24.0 Å². The third-order valence-electron chi connectivity index (χ3n) is 4.34. The molecule has 1 saturated heterocycles. The van der Waals surface area contributed by atoms with Gasteiger partial charge in [0.15, 0.2) is 5.96 Å². The summed E-state index contributed by atoms with van der Waals surface area (Å²) in [7, 11) is 1.82. The molecule has 3 rings (SSSR count). The van der Waals surface area contributed by atoms with Gasteiger partial charge in [0, 0.05) is 38.4 Å². The van der Waals surface area contributed by atoms with E-state index < -0.39 is 0 Å². The topological polar surface area (TPSA) is 48.9 Å². The largest absolute Gasteiger partial charge is 0.378 e. The number of anilines is 1. The second kappa shape index (κ2) is 9.88. The zero-order valence-corrected chi connectivity index (χ0v) is 16.5. The van der Waals surface area contributed by atoms with Crippen molar-refractivity contribution in [1.29, 1.82) is 0 Å². The normalized spacial score (nSPS) is 18.4. The van der Waals surface area contributed by atoms with Gasteiger partial charge < -0.3 is 20.3 Å². The van der Waals surface area contributed by atoms with Crippen LogP contribution in [0.1, 0.15) is 18.4 Å². The molecule has 24 heavy (non-hydrogen) atoms. The highest BCUT2D eigenvalue weighted by Crippen LogP contribution is 2.16. The van der Waals surface area contributed by atoms with Crippen LogP contribution in [0, 0.1) is 0 Å². The van der Waals surface area contributed by atoms with Crippen LogP contribution < -0.4 is 15.5 Å². The van der Waals surface area contributed by atoms with Gasteiger partial charge in [-0.2, -0.15) is 0 Å². The Morgan fingerprint density at radius 2 is 1.83 bits per heavy atom. The van der Waals surface area contributed by atoms with Gasteiger partial charge in [-0.25, -0.2) is 0 Å². The molecule has 0 bridgehead atoms. The molecule has 1 aromatic carbocycles. The third-order valence-corrected chi connectivity index (χ3v) is 4.34. The SMILES string of the molecule is CN=C(NCc1ccc(N2CCOCC2)cc1)NC1CC=CC1.I. The van der Waals surface area contributed by atoms with Gasteiger partial charge in [0.25, 0.3) is 0 Å². The second-order valence-electron chi connectivity index (χ2n) is 5.98. The Kier molecular flexibility index (Phi) is 7.84. The number of halogens is 1. The number of hydrogen-bond donors (Lipinski definition) is 2. The molecule has 0 spiro atoms. The van der Waals surface area contributed by atoms with Crippen molar-refractivity contribution in [1.82, 2.24) is 10.6 Å². The first kappa shape index (κ1) is 19.1. The van der Waals surface area contributed by atoms with E-state index >= 15 is 0 Å². The standard InChI is InChI=1S/C18H26N4O.HI/c1-19-18(21-16-4-2-3-5-16)20-14-15-6-8-17(9-7-15)22-10-12-23-13-11-22;/h2-3,6-9,16H,4-5,10-14H2,1H3,(H2,19,20,21);1H. The van der Waals surface area contributed by atoms with Gasteiger partial charge in [0.2, 0.25) is 0 Å². The minimum Gasteiger partial charge on any atom is -0.378 e. The molecule has 1 aliphatic heterocycles. The number of guanidine groups is 1. The Morgan fingerprint density at radius 3 is 2.46 bits per heavy atom. The first-order chi connectivity index (χ1) is 11.3. The van der Waals surface area contributed by atoms with E-state index in [9.17, 15) is 0 Å². The lowest BCUT2D eigenvalue weighted by atomic mass is 10.2. The van der Waals surface area contributed by atoms with Crippen molar-refractivity contribution in [2.75, 3.05) is 38.3 Å². The number of morpholine rings is 1. The monoisotopic (exact) mass is 442 g/mol. The van der Waals surface area contributed by atoms with Crippen molar-refractivity contribution in [3.63, 3.8) is 0 Å². The Balaban J connectivity index is 0.00000208. The summed E-state index contributed by atoms with van der Waals surface area (Å²) in [6.45, 7) is 4.37. The smallest absolute Gasteiger partial charge is 0.191 e. The highest BCUT2D eigenvalue weighted by molar-refractivity contribution is 14.0. The lowest BCUT2D eigenvalue weighted by Crippen LogP contribution is -2.42. The zero-order chi connectivity index (χ0) is 15.9. The number of aliphatic imine (C=N–C) groups is 1. The fourth-order valence-electron chi connectivity index (χ4n) is 2.95. The van der Waals surface area contributed by atoms with Gasteiger partial charge in [-0.15, -0.1) is 24.0 Å². The van der Waals surface area contributed by atoms with Crippen LogP contribution in [0.5, 0.6) is 0 Å².